The molecule has 1 aromatic rings. The maximum atomic E-state index is 11.9. The van der Waals surface area contributed by atoms with Crippen molar-refractivity contribution in [2.45, 2.75) is 51.0 Å². The van der Waals surface area contributed by atoms with Gasteiger partial charge >= 0.3 is 5.97 Å². The maximum absolute atomic E-state index is 11.9. The predicted molar refractivity (Wildman–Crippen MR) is 90.7 cm³/mol. The van der Waals surface area contributed by atoms with Gasteiger partial charge in [-0.05, 0) is 72.7 Å². The molecule has 0 amide bonds. The van der Waals surface area contributed by atoms with Crippen LogP contribution in [0.3, 0.4) is 0 Å². The van der Waals surface area contributed by atoms with Crippen LogP contribution in [0.5, 0.6) is 0 Å². The van der Waals surface area contributed by atoms with Crippen LogP contribution < -0.4 is 0 Å². The summed E-state index contributed by atoms with van der Waals surface area (Å²) in [5.41, 5.74) is 3.69. The molecule has 3 nitrogen and oxygen atoms in total. The molecule has 1 saturated heterocycles. The lowest BCUT2D eigenvalue weighted by molar-refractivity contribution is 0.0283. The molecular weight excluding hydrogens is 286 g/mol. The SMILES string of the molecule is COC(=O)c1ccc2c(c1)[C@]1(C)CCN(CC3CC3)[C@H](C2)[C@H]1C. The normalized spacial score (nSPS) is 33.2. The Labute approximate surface area is 139 Å². The highest BCUT2D eigenvalue weighted by Gasteiger charge is 2.49. The van der Waals surface area contributed by atoms with Crippen molar-refractivity contribution in [1.29, 1.82) is 0 Å². The fraction of sp³-hybridized carbons (Fsp3) is 0.650. The number of hydrogen-bond acceptors (Lipinski definition) is 3. The Morgan fingerprint density at radius 1 is 1.39 bits per heavy atom. The third-order valence-electron chi connectivity index (χ3n) is 6.73. The molecule has 3 aliphatic rings. The molecule has 1 saturated carbocycles. The van der Waals surface area contributed by atoms with E-state index in [-0.39, 0.29) is 11.4 Å². The van der Waals surface area contributed by atoms with E-state index in [9.17, 15) is 4.79 Å². The minimum Gasteiger partial charge on any atom is -0.465 e. The summed E-state index contributed by atoms with van der Waals surface area (Å²) in [6, 6.07) is 6.86. The van der Waals surface area contributed by atoms with Crippen LogP contribution in [0.15, 0.2) is 18.2 Å². The Morgan fingerprint density at radius 3 is 2.87 bits per heavy atom. The number of piperidine rings is 1. The van der Waals surface area contributed by atoms with Crippen molar-refractivity contribution < 1.29 is 9.53 Å². The molecule has 0 radical (unpaired) electrons. The van der Waals surface area contributed by atoms with Crippen LogP contribution in [0.25, 0.3) is 0 Å². The van der Waals surface area contributed by atoms with Crippen molar-refractivity contribution >= 4 is 5.97 Å². The van der Waals surface area contributed by atoms with Gasteiger partial charge in [-0.15, -0.1) is 0 Å². The summed E-state index contributed by atoms with van der Waals surface area (Å²) >= 11 is 0. The number of benzene rings is 1. The first-order valence-corrected chi connectivity index (χ1v) is 8.98. The number of esters is 1. The van der Waals surface area contributed by atoms with E-state index in [0.29, 0.717) is 17.5 Å². The number of methoxy groups -OCH3 is 1. The van der Waals surface area contributed by atoms with Crippen LogP contribution in [-0.4, -0.2) is 37.1 Å². The van der Waals surface area contributed by atoms with E-state index >= 15 is 0 Å². The number of fused-ring (bicyclic) bond motifs is 4. The van der Waals surface area contributed by atoms with Gasteiger partial charge in [-0.3, -0.25) is 4.90 Å². The van der Waals surface area contributed by atoms with Crippen molar-refractivity contribution in [3.8, 4) is 0 Å². The second kappa shape index (κ2) is 5.34. The summed E-state index contributed by atoms with van der Waals surface area (Å²) in [5.74, 6) is 1.36. The largest absolute Gasteiger partial charge is 0.465 e. The van der Waals surface area contributed by atoms with Gasteiger partial charge in [-0.2, -0.15) is 0 Å². The molecule has 0 aromatic heterocycles. The van der Waals surface area contributed by atoms with E-state index in [2.05, 4.69) is 30.9 Å². The lowest BCUT2D eigenvalue weighted by atomic mass is 9.59. The van der Waals surface area contributed by atoms with Crippen molar-refractivity contribution in [3.63, 3.8) is 0 Å². The molecule has 124 valence electrons. The molecule has 3 atom stereocenters. The molecule has 2 fully saturated rings. The van der Waals surface area contributed by atoms with Gasteiger partial charge < -0.3 is 4.74 Å². The van der Waals surface area contributed by atoms with Crippen LogP contribution in [0.1, 0.15) is 54.6 Å². The van der Waals surface area contributed by atoms with Crippen molar-refractivity contribution in [2.75, 3.05) is 20.2 Å². The third kappa shape index (κ3) is 2.40. The Balaban J connectivity index is 1.70. The predicted octanol–water partition coefficient (Wildman–Crippen LogP) is 3.41. The lowest BCUT2D eigenvalue weighted by Gasteiger charge is -2.55. The summed E-state index contributed by atoms with van der Waals surface area (Å²) < 4.78 is 4.91. The van der Waals surface area contributed by atoms with E-state index < -0.39 is 0 Å². The number of nitrogens with zero attached hydrogens (tertiary/aromatic N) is 1. The second-order valence-corrected chi connectivity index (χ2v) is 8.03. The van der Waals surface area contributed by atoms with E-state index in [1.807, 2.05) is 6.07 Å². The Kier molecular flexibility index (Phi) is 3.53. The first kappa shape index (κ1) is 15.2. The monoisotopic (exact) mass is 313 g/mol. The molecule has 1 aliphatic heterocycles. The van der Waals surface area contributed by atoms with Crippen LogP contribution in [0.2, 0.25) is 0 Å². The Morgan fingerprint density at radius 2 is 2.17 bits per heavy atom. The highest BCUT2D eigenvalue weighted by Crippen LogP contribution is 2.49. The van der Waals surface area contributed by atoms with Crippen molar-refractivity contribution in [3.05, 3.63) is 34.9 Å². The zero-order chi connectivity index (χ0) is 16.2. The average Bonchev–Trinajstić information content (AvgIpc) is 3.36. The second-order valence-electron chi connectivity index (χ2n) is 8.03. The molecule has 4 rings (SSSR count). The summed E-state index contributed by atoms with van der Waals surface area (Å²) in [6.07, 6.45) is 5.16. The fourth-order valence-corrected chi connectivity index (χ4v) is 4.81. The van der Waals surface area contributed by atoms with E-state index in [1.165, 1.54) is 50.6 Å². The molecule has 1 aromatic carbocycles. The maximum Gasteiger partial charge on any atom is 0.337 e. The van der Waals surface area contributed by atoms with Gasteiger partial charge in [0.05, 0.1) is 12.7 Å². The number of hydrogen-bond donors (Lipinski definition) is 0. The molecule has 0 spiro atoms. The van der Waals surface area contributed by atoms with E-state index in [4.69, 9.17) is 4.74 Å². The van der Waals surface area contributed by atoms with Gasteiger partial charge in [0.15, 0.2) is 0 Å². The third-order valence-corrected chi connectivity index (χ3v) is 6.73. The van der Waals surface area contributed by atoms with Crippen molar-refractivity contribution in [2.24, 2.45) is 11.8 Å². The average molecular weight is 313 g/mol. The van der Waals surface area contributed by atoms with Gasteiger partial charge in [-0.25, -0.2) is 4.79 Å². The first-order chi connectivity index (χ1) is 11.0. The molecule has 23 heavy (non-hydrogen) atoms. The number of carbonyl (C=O) groups is 1. The van der Waals surface area contributed by atoms with Crippen LogP contribution in [-0.2, 0) is 16.6 Å². The van der Waals surface area contributed by atoms with E-state index in [1.54, 1.807) is 0 Å². The molecule has 2 bridgehead atoms. The topological polar surface area (TPSA) is 29.5 Å². The highest BCUT2D eigenvalue weighted by molar-refractivity contribution is 5.89. The lowest BCUT2D eigenvalue weighted by Crippen LogP contribution is -2.58. The zero-order valence-corrected chi connectivity index (χ0v) is 14.5. The summed E-state index contributed by atoms with van der Waals surface area (Å²) in [4.78, 5) is 14.7. The molecule has 0 unspecified atom stereocenters. The minimum atomic E-state index is -0.225. The smallest absolute Gasteiger partial charge is 0.337 e. The number of carbonyl (C=O) groups excluding carboxylic acids is 1. The van der Waals surface area contributed by atoms with Crippen molar-refractivity contribution in [1.82, 2.24) is 4.90 Å². The Hall–Kier alpha value is -1.35. The minimum absolute atomic E-state index is 0.183. The van der Waals surface area contributed by atoms with Gasteiger partial charge in [-0.1, -0.05) is 19.9 Å². The zero-order valence-electron chi connectivity index (χ0n) is 14.5. The van der Waals surface area contributed by atoms with Gasteiger partial charge in [0.25, 0.3) is 0 Å². The van der Waals surface area contributed by atoms with Gasteiger partial charge in [0.2, 0.25) is 0 Å². The summed E-state index contributed by atoms with van der Waals surface area (Å²) in [5, 5.41) is 0. The van der Waals surface area contributed by atoms with E-state index in [0.717, 1.165) is 12.3 Å². The molecule has 2 aliphatic carbocycles. The fourth-order valence-electron chi connectivity index (χ4n) is 4.81. The first-order valence-electron chi connectivity index (χ1n) is 8.98. The Bertz CT molecular complexity index is 637. The highest BCUT2D eigenvalue weighted by atomic mass is 16.5. The van der Waals surface area contributed by atoms with Crippen LogP contribution >= 0.6 is 0 Å². The summed E-state index contributed by atoms with van der Waals surface area (Å²) in [7, 11) is 1.46. The van der Waals surface area contributed by atoms with Crippen LogP contribution in [0, 0.1) is 11.8 Å². The molecular formula is C20H27NO2. The standard InChI is InChI=1S/C20H27NO2/c1-13-18-11-15-6-7-16(19(22)23-3)10-17(15)20(13,2)8-9-21(18)12-14-4-5-14/h6-7,10,13-14,18H,4-5,8-9,11-12H2,1-3H3/t13-,18-,20-/m1/s1. The van der Waals surface area contributed by atoms with Gasteiger partial charge in [0, 0.05) is 12.6 Å². The molecule has 1 heterocycles. The quantitative estimate of drug-likeness (QED) is 0.801. The molecule has 0 N–H and O–H groups in total. The summed E-state index contributed by atoms with van der Waals surface area (Å²) in [6.45, 7) is 7.31. The number of likely N-dealkylation sites (tertiary alicyclic amines) is 1. The number of rotatable bonds is 3. The number of ether oxygens (including phenoxy) is 1. The van der Waals surface area contributed by atoms with Gasteiger partial charge in [0.1, 0.15) is 0 Å². The molecule has 3 heteroatoms. The van der Waals surface area contributed by atoms with Crippen LogP contribution in [0.4, 0.5) is 0 Å².